The van der Waals surface area contributed by atoms with E-state index in [0.717, 1.165) is 49.6 Å². The lowest BCUT2D eigenvalue weighted by molar-refractivity contribution is -0.119. The molecule has 0 aromatic carbocycles. The molecule has 0 spiro atoms. The van der Waals surface area contributed by atoms with Crippen LogP contribution in [0, 0.1) is 5.92 Å². The molecule has 2 saturated heterocycles. The molecule has 2 fully saturated rings. The Morgan fingerprint density at radius 1 is 1.32 bits per heavy atom. The number of hydrogen-bond donors (Lipinski definition) is 1. The molecule has 0 unspecified atom stereocenters. The van der Waals surface area contributed by atoms with Gasteiger partial charge in [-0.1, -0.05) is 0 Å². The van der Waals surface area contributed by atoms with Crippen LogP contribution in [0.3, 0.4) is 0 Å². The van der Waals surface area contributed by atoms with Crippen molar-refractivity contribution in [1.29, 1.82) is 0 Å². The third-order valence-corrected chi connectivity index (χ3v) is 6.61. The monoisotopic (exact) mass is 402 g/mol. The number of carbonyl (C=O) groups is 2. The smallest absolute Gasteiger partial charge is 0.231 e. The third-order valence-electron chi connectivity index (χ3n) is 5.53. The van der Waals surface area contributed by atoms with Crippen LogP contribution >= 0.6 is 11.3 Å². The maximum Gasteiger partial charge on any atom is 0.231 e. The van der Waals surface area contributed by atoms with Crippen molar-refractivity contribution >= 4 is 28.8 Å². The quantitative estimate of drug-likeness (QED) is 0.752. The van der Waals surface area contributed by atoms with Crippen molar-refractivity contribution in [1.82, 2.24) is 14.7 Å². The number of aromatic nitrogens is 2. The number of nitrogens with one attached hydrogen (secondary N) is 1. The molecule has 2 aliphatic rings. The number of amides is 1. The molecule has 8 heteroatoms. The van der Waals surface area contributed by atoms with Gasteiger partial charge in [0.2, 0.25) is 5.91 Å². The summed E-state index contributed by atoms with van der Waals surface area (Å²) in [5.41, 5.74) is 1.21. The van der Waals surface area contributed by atoms with E-state index < -0.39 is 0 Å². The summed E-state index contributed by atoms with van der Waals surface area (Å²) >= 11 is 1.52. The topological polar surface area (TPSA) is 76.5 Å². The molecule has 2 aliphatic heterocycles. The first kappa shape index (κ1) is 19.3. The normalized spacial score (nSPS) is 21.1. The molecule has 4 rings (SSSR count). The van der Waals surface area contributed by atoms with Crippen LogP contribution in [0.15, 0.2) is 23.7 Å². The van der Waals surface area contributed by atoms with Gasteiger partial charge in [0.15, 0.2) is 5.78 Å². The SMILES string of the molecule is CC(=O)c1cc(CN2CCC(n3nccc3NC(=O)[C@@H]3CCOC3)CC2)cs1. The van der Waals surface area contributed by atoms with Crippen LogP contribution in [0.5, 0.6) is 0 Å². The number of carbonyl (C=O) groups excluding carboxylic acids is 2. The number of rotatable bonds is 6. The van der Waals surface area contributed by atoms with Gasteiger partial charge in [-0.2, -0.15) is 5.10 Å². The number of Topliss-reactive ketones (excluding diaryl/α,β-unsaturated/α-hetero) is 1. The van der Waals surface area contributed by atoms with Gasteiger partial charge >= 0.3 is 0 Å². The summed E-state index contributed by atoms with van der Waals surface area (Å²) in [6.07, 6.45) is 4.51. The fourth-order valence-corrected chi connectivity index (χ4v) is 4.70. The maximum absolute atomic E-state index is 12.4. The standard InChI is InChI=1S/C20H26N4O3S/c1-14(25)18-10-15(13-28-18)11-23-7-3-17(4-8-23)24-19(2-6-21-24)22-20(26)16-5-9-27-12-16/h2,6,10,13,16-17H,3-5,7-9,11-12H2,1H3,(H,22,26)/t16-/m1/s1. The summed E-state index contributed by atoms with van der Waals surface area (Å²) in [6.45, 7) is 5.60. The van der Waals surface area contributed by atoms with Gasteiger partial charge in [0.1, 0.15) is 5.82 Å². The molecule has 7 nitrogen and oxygen atoms in total. The van der Waals surface area contributed by atoms with Gasteiger partial charge in [0.05, 0.1) is 29.6 Å². The van der Waals surface area contributed by atoms with Crippen molar-refractivity contribution in [2.45, 2.75) is 38.8 Å². The number of likely N-dealkylation sites (tertiary alicyclic amines) is 1. The van der Waals surface area contributed by atoms with Crippen LogP contribution in [-0.2, 0) is 16.1 Å². The van der Waals surface area contributed by atoms with Crippen LogP contribution < -0.4 is 5.32 Å². The number of anilines is 1. The molecule has 0 aliphatic carbocycles. The minimum absolute atomic E-state index is 0.0235. The van der Waals surface area contributed by atoms with Crippen molar-refractivity contribution in [2.24, 2.45) is 5.92 Å². The predicted octanol–water partition coefficient (Wildman–Crippen LogP) is 2.96. The average molecular weight is 403 g/mol. The van der Waals surface area contributed by atoms with E-state index in [1.165, 1.54) is 16.9 Å². The maximum atomic E-state index is 12.4. The fraction of sp³-hybridized carbons (Fsp3) is 0.550. The third kappa shape index (κ3) is 4.34. The van der Waals surface area contributed by atoms with E-state index in [2.05, 4.69) is 20.7 Å². The summed E-state index contributed by atoms with van der Waals surface area (Å²) in [6, 6.07) is 4.17. The van der Waals surface area contributed by atoms with Crippen LogP contribution in [0.4, 0.5) is 5.82 Å². The van der Waals surface area contributed by atoms with Gasteiger partial charge in [-0.25, -0.2) is 4.68 Å². The second-order valence-corrected chi connectivity index (χ2v) is 8.50. The molecule has 1 atom stereocenters. The van der Waals surface area contributed by atoms with Crippen LogP contribution in [0.2, 0.25) is 0 Å². The van der Waals surface area contributed by atoms with Gasteiger partial charge in [0.25, 0.3) is 0 Å². The first-order valence-corrected chi connectivity index (χ1v) is 10.7. The van der Waals surface area contributed by atoms with Gasteiger partial charge < -0.3 is 10.1 Å². The molecule has 1 N–H and O–H groups in total. The zero-order chi connectivity index (χ0) is 19.5. The zero-order valence-electron chi connectivity index (χ0n) is 16.1. The Morgan fingerprint density at radius 3 is 2.82 bits per heavy atom. The Hall–Kier alpha value is -2.03. The lowest BCUT2D eigenvalue weighted by Crippen LogP contribution is -2.35. The van der Waals surface area contributed by atoms with Crippen molar-refractivity contribution in [3.8, 4) is 0 Å². The lowest BCUT2D eigenvalue weighted by atomic mass is 10.0. The highest BCUT2D eigenvalue weighted by Crippen LogP contribution is 2.27. The Balaban J connectivity index is 1.32. The molecule has 0 bridgehead atoms. The van der Waals surface area contributed by atoms with Crippen LogP contribution in [-0.4, -0.2) is 52.7 Å². The van der Waals surface area contributed by atoms with Crippen molar-refractivity contribution in [3.05, 3.63) is 34.2 Å². The first-order valence-electron chi connectivity index (χ1n) is 9.83. The molecule has 150 valence electrons. The molecule has 2 aromatic rings. The number of hydrogen-bond acceptors (Lipinski definition) is 6. The lowest BCUT2D eigenvalue weighted by Gasteiger charge is -2.32. The Kier molecular flexibility index (Phi) is 5.89. The number of thiophene rings is 1. The van der Waals surface area contributed by atoms with E-state index in [1.54, 1.807) is 13.1 Å². The van der Waals surface area contributed by atoms with Crippen molar-refractivity contribution < 1.29 is 14.3 Å². The van der Waals surface area contributed by atoms with Crippen molar-refractivity contribution in [3.63, 3.8) is 0 Å². The zero-order valence-corrected chi connectivity index (χ0v) is 16.9. The van der Waals surface area contributed by atoms with Gasteiger partial charge in [0, 0.05) is 32.3 Å². The number of nitrogens with zero attached hydrogens (tertiary/aromatic N) is 3. The molecule has 1 amide bonds. The Labute approximate surface area is 168 Å². The predicted molar refractivity (Wildman–Crippen MR) is 108 cm³/mol. The minimum atomic E-state index is -0.0595. The van der Waals surface area contributed by atoms with E-state index >= 15 is 0 Å². The van der Waals surface area contributed by atoms with Gasteiger partial charge in [-0.05, 0) is 43.2 Å². The summed E-state index contributed by atoms with van der Waals surface area (Å²) in [4.78, 5) is 27.1. The van der Waals surface area contributed by atoms with Crippen LogP contribution in [0.1, 0.15) is 47.5 Å². The van der Waals surface area contributed by atoms with E-state index in [0.29, 0.717) is 13.2 Å². The molecule has 0 radical (unpaired) electrons. The van der Waals surface area contributed by atoms with Crippen LogP contribution in [0.25, 0.3) is 0 Å². The van der Waals surface area contributed by atoms with E-state index in [-0.39, 0.29) is 23.7 Å². The van der Waals surface area contributed by atoms with E-state index in [9.17, 15) is 9.59 Å². The number of ketones is 1. The van der Waals surface area contributed by atoms with Crippen molar-refractivity contribution in [2.75, 3.05) is 31.6 Å². The second kappa shape index (κ2) is 8.55. The number of piperidine rings is 1. The highest BCUT2D eigenvalue weighted by molar-refractivity contribution is 7.12. The molecular weight excluding hydrogens is 376 g/mol. The van der Waals surface area contributed by atoms with E-state index in [1.807, 2.05) is 16.8 Å². The molecule has 2 aromatic heterocycles. The Bertz CT molecular complexity index is 832. The molecular formula is C20H26N4O3S. The largest absolute Gasteiger partial charge is 0.381 e. The summed E-state index contributed by atoms with van der Waals surface area (Å²) in [5.74, 6) is 0.873. The molecule has 28 heavy (non-hydrogen) atoms. The molecule has 4 heterocycles. The first-order chi connectivity index (χ1) is 13.6. The average Bonchev–Trinajstić information content (AvgIpc) is 3.44. The highest BCUT2D eigenvalue weighted by Gasteiger charge is 2.27. The summed E-state index contributed by atoms with van der Waals surface area (Å²) in [5, 5.41) is 9.58. The Morgan fingerprint density at radius 2 is 2.14 bits per heavy atom. The van der Waals surface area contributed by atoms with E-state index in [4.69, 9.17) is 4.74 Å². The second-order valence-electron chi connectivity index (χ2n) is 7.59. The highest BCUT2D eigenvalue weighted by atomic mass is 32.1. The van der Waals surface area contributed by atoms with Gasteiger partial charge in [-0.15, -0.1) is 11.3 Å². The molecule has 0 saturated carbocycles. The summed E-state index contributed by atoms with van der Waals surface area (Å²) < 4.78 is 7.27. The number of ether oxygens (including phenoxy) is 1. The summed E-state index contributed by atoms with van der Waals surface area (Å²) in [7, 11) is 0. The fourth-order valence-electron chi connectivity index (χ4n) is 3.90. The van der Waals surface area contributed by atoms with Gasteiger partial charge in [-0.3, -0.25) is 14.5 Å². The minimum Gasteiger partial charge on any atom is -0.381 e.